The molecule has 0 aromatic rings. The molecule has 0 heterocycles. The fourth-order valence-electron chi connectivity index (χ4n) is 1.77. The zero-order chi connectivity index (χ0) is 12.1. The molecule has 1 fully saturated rings. The number of rotatable bonds is 6. The van der Waals surface area contributed by atoms with E-state index < -0.39 is 0 Å². The standard InChI is InChI=1S/C11H21N3O2/c1-3-4-9(10(12)14-16)13-11(15)7(2)8-5-6-8/h7-9,16H,3-6H2,1-2H3,(H2,12,14)(H,13,15). The van der Waals surface area contributed by atoms with Crippen LogP contribution in [0, 0.1) is 11.8 Å². The van der Waals surface area contributed by atoms with E-state index in [0.29, 0.717) is 12.3 Å². The Balaban J connectivity index is 2.49. The van der Waals surface area contributed by atoms with Gasteiger partial charge in [0.15, 0.2) is 5.84 Å². The quantitative estimate of drug-likeness (QED) is 0.274. The average Bonchev–Trinajstić information content (AvgIpc) is 3.10. The van der Waals surface area contributed by atoms with Gasteiger partial charge in [-0.15, -0.1) is 0 Å². The number of carbonyl (C=O) groups excluding carboxylic acids is 1. The van der Waals surface area contributed by atoms with Crippen LogP contribution >= 0.6 is 0 Å². The Morgan fingerprint density at radius 1 is 1.62 bits per heavy atom. The lowest BCUT2D eigenvalue weighted by atomic mass is 10.0. The van der Waals surface area contributed by atoms with E-state index in [0.717, 1.165) is 19.3 Å². The molecule has 1 aliphatic rings. The topological polar surface area (TPSA) is 87.7 Å². The molecule has 4 N–H and O–H groups in total. The van der Waals surface area contributed by atoms with Crippen molar-refractivity contribution in [1.29, 1.82) is 0 Å². The van der Waals surface area contributed by atoms with Crippen LogP contribution in [0.1, 0.15) is 39.5 Å². The first-order chi connectivity index (χ1) is 7.60. The summed E-state index contributed by atoms with van der Waals surface area (Å²) in [6, 6.07) is -0.344. The van der Waals surface area contributed by atoms with Gasteiger partial charge in [-0.2, -0.15) is 0 Å². The van der Waals surface area contributed by atoms with Crippen LogP contribution < -0.4 is 11.1 Å². The van der Waals surface area contributed by atoms with Gasteiger partial charge in [0, 0.05) is 5.92 Å². The van der Waals surface area contributed by atoms with Gasteiger partial charge in [0.1, 0.15) is 0 Å². The number of nitrogens with zero attached hydrogens (tertiary/aromatic N) is 1. The number of nitrogens with one attached hydrogen (secondary N) is 1. The average molecular weight is 227 g/mol. The number of amides is 1. The lowest BCUT2D eigenvalue weighted by Crippen LogP contribution is -2.46. The van der Waals surface area contributed by atoms with Crippen LogP contribution in [-0.4, -0.2) is 23.0 Å². The zero-order valence-corrected chi connectivity index (χ0v) is 9.94. The molecule has 1 aliphatic carbocycles. The van der Waals surface area contributed by atoms with E-state index in [1.807, 2.05) is 13.8 Å². The first kappa shape index (κ1) is 12.8. The van der Waals surface area contributed by atoms with Gasteiger partial charge in [0.05, 0.1) is 6.04 Å². The van der Waals surface area contributed by atoms with Crippen LogP contribution in [0.4, 0.5) is 0 Å². The zero-order valence-electron chi connectivity index (χ0n) is 9.94. The van der Waals surface area contributed by atoms with E-state index in [1.54, 1.807) is 0 Å². The van der Waals surface area contributed by atoms with Crippen molar-refractivity contribution in [3.63, 3.8) is 0 Å². The molecular weight excluding hydrogens is 206 g/mol. The number of hydrogen-bond acceptors (Lipinski definition) is 3. The second-order valence-electron chi connectivity index (χ2n) is 4.50. The Morgan fingerprint density at radius 2 is 2.25 bits per heavy atom. The van der Waals surface area contributed by atoms with Crippen molar-refractivity contribution >= 4 is 11.7 Å². The summed E-state index contributed by atoms with van der Waals surface area (Å²) in [5.41, 5.74) is 5.53. The first-order valence-electron chi connectivity index (χ1n) is 5.87. The molecule has 5 nitrogen and oxygen atoms in total. The third kappa shape index (κ3) is 3.40. The number of nitrogens with two attached hydrogens (primary N) is 1. The molecule has 0 aromatic heterocycles. The van der Waals surface area contributed by atoms with Crippen LogP contribution in [0.5, 0.6) is 0 Å². The lowest BCUT2D eigenvalue weighted by Gasteiger charge is -2.19. The largest absolute Gasteiger partial charge is 0.409 e. The molecule has 0 aromatic carbocycles. The van der Waals surface area contributed by atoms with E-state index in [4.69, 9.17) is 10.9 Å². The van der Waals surface area contributed by atoms with Crippen molar-refractivity contribution in [2.45, 2.75) is 45.6 Å². The molecule has 0 spiro atoms. The van der Waals surface area contributed by atoms with Gasteiger partial charge in [-0.3, -0.25) is 4.79 Å². The highest BCUT2D eigenvalue weighted by molar-refractivity contribution is 5.90. The smallest absolute Gasteiger partial charge is 0.223 e. The molecule has 16 heavy (non-hydrogen) atoms. The highest BCUT2D eigenvalue weighted by Gasteiger charge is 2.33. The van der Waals surface area contributed by atoms with Crippen LogP contribution in [0.15, 0.2) is 5.16 Å². The summed E-state index contributed by atoms with van der Waals surface area (Å²) < 4.78 is 0. The summed E-state index contributed by atoms with van der Waals surface area (Å²) in [4.78, 5) is 11.8. The maximum Gasteiger partial charge on any atom is 0.223 e. The van der Waals surface area contributed by atoms with Crippen molar-refractivity contribution in [2.24, 2.45) is 22.7 Å². The highest BCUT2D eigenvalue weighted by atomic mass is 16.4. The van der Waals surface area contributed by atoms with Crippen LogP contribution in [0.3, 0.4) is 0 Å². The van der Waals surface area contributed by atoms with Crippen molar-refractivity contribution in [2.75, 3.05) is 0 Å². The van der Waals surface area contributed by atoms with E-state index in [-0.39, 0.29) is 23.7 Å². The third-order valence-electron chi connectivity index (χ3n) is 3.11. The second-order valence-corrected chi connectivity index (χ2v) is 4.50. The van der Waals surface area contributed by atoms with Gasteiger partial charge >= 0.3 is 0 Å². The molecule has 2 atom stereocenters. The Morgan fingerprint density at radius 3 is 2.69 bits per heavy atom. The predicted molar refractivity (Wildman–Crippen MR) is 62.1 cm³/mol. The second kappa shape index (κ2) is 5.72. The summed E-state index contributed by atoms with van der Waals surface area (Å²) in [7, 11) is 0. The Bertz CT molecular complexity index is 274. The summed E-state index contributed by atoms with van der Waals surface area (Å²) in [5, 5.41) is 14.4. The molecule has 5 heteroatoms. The number of amidine groups is 1. The first-order valence-corrected chi connectivity index (χ1v) is 5.87. The van der Waals surface area contributed by atoms with Gasteiger partial charge in [0.2, 0.25) is 5.91 Å². The van der Waals surface area contributed by atoms with Gasteiger partial charge < -0.3 is 16.3 Å². The molecule has 0 aliphatic heterocycles. The molecule has 0 radical (unpaired) electrons. The molecule has 1 rings (SSSR count). The van der Waals surface area contributed by atoms with E-state index in [9.17, 15) is 4.79 Å². The molecule has 0 bridgehead atoms. The van der Waals surface area contributed by atoms with Crippen LogP contribution in [-0.2, 0) is 4.79 Å². The van der Waals surface area contributed by atoms with Gasteiger partial charge in [-0.25, -0.2) is 0 Å². The van der Waals surface area contributed by atoms with Crippen molar-refractivity contribution in [1.82, 2.24) is 5.32 Å². The van der Waals surface area contributed by atoms with Crippen molar-refractivity contribution in [3.8, 4) is 0 Å². The minimum atomic E-state index is -0.344. The normalized spacial score (nSPS) is 20.2. The summed E-state index contributed by atoms with van der Waals surface area (Å²) in [5.74, 6) is 0.645. The van der Waals surface area contributed by atoms with E-state index in [1.165, 1.54) is 0 Å². The maximum atomic E-state index is 11.8. The SMILES string of the molecule is CCCC(NC(=O)C(C)C1CC1)C(N)=NO. The lowest BCUT2D eigenvalue weighted by molar-refractivity contribution is -0.125. The highest BCUT2D eigenvalue weighted by Crippen LogP contribution is 2.36. The van der Waals surface area contributed by atoms with Gasteiger partial charge in [-0.05, 0) is 25.2 Å². The monoisotopic (exact) mass is 227 g/mol. The maximum absolute atomic E-state index is 11.8. The number of oxime groups is 1. The van der Waals surface area contributed by atoms with Crippen LogP contribution in [0.25, 0.3) is 0 Å². The third-order valence-corrected chi connectivity index (χ3v) is 3.11. The summed E-state index contributed by atoms with van der Waals surface area (Å²) in [6.45, 7) is 3.93. The van der Waals surface area contributed by atoms with Crippen molar-refractivity contribution < 1.29 is 10.0 Å². The molecule has 1 saturated carbocycles. The van der Waals surface area contributed by atoms with Crippen molar-refractivity contribution in [3.05, 3.63) is 0 Å². The number of hydrogen-bond donors (Lipinski definition) is 3. The molecule has 0 saturated heterocycles. The van der Waals surface area contributed by atoms with Gasteiger partial charge in [-0.1, -0.05) is 25.4 Å². The fourth-order valence-corrected chi connectivity index (χ4v) is 1.77. The molecule has 92 valence electrons. The fraction of sp³-hybridized carbons (Fsp3) is 0.818. The Labute approximate surface area is 96.1 Å². The van der Waals surface area contributed by atoms with E-state index in [2.05, 4.69) is 10.5 Å². The minimum absolute atomic E-state index is 0.00699. The molecule has 2 unspecified atom stereocenters. The Hall–Kier alpha value is -1.26. The van der Waals surface area contributed by atoms with Crippen LogP contribution in [0.2, 0.25) is 0 Å². The molecule has 1 amide bonds. The number of carbonyl (C=O) groups is 1. The van der Waals surface area contributed by atoms with E-state index >= 15 is 0 Å². The van der Waals surface area contributed by atoms with Gasteiger partial charge in [0.25, 0.3) is 0 Å². The summed E-state index contributed by atoms with van der Waals surface area (Å²) >= 11 is 0. The predicted octanol–water partition coefficient (Wildman–Crippen LogP) is 1.06. The minimum Gasteiger partial charge on any atom is -0.409 e. The summed E-state index contributed by atoms with van der Waals surface area (Å²) in [6.07, 6.45) is 3.84. The Kier molecular flexibility index (Phi) is 4.58. The molecular formula is C11H21N3O2.